The van der Waals surface area contributed by atoms with Crippen LogP contribution in [0.3, 0.4) is 0 Å². The van der Waals surface area contributed by atoms with Crippen molar-refractivity contribution in [2.45, 2.75) is 13.8 Å². The van der Waals surface area contributed by atoms with Crippen molar-refractivity contribution in [1.29, 1.82) is 0 Å². The molecular formula is C19H17ClFN3O. The van der Waals surface area contributed by atoms with Crippen molar-refractivity contribution >= 4 is 23.2 Å². The lowest BCUT2D eigenvalue weighted by atomic mass is 9.98. The average Bonchev–Trinajstić information content (AvgIpc) is 2.81. The summed E-state index contributed by atoms with van der Waals surface area (Å²) in [5.74, 6) is -1.18. The van der Waals surface area contributed by atoms with Crippen molar-refractivity contribution in [2.75, 3.05) is 5.32 Å². The van der Waals surface area contributed by atoms with E-state index < -0.39 is 11.9 Å². The quantitative estimate of drug-likeness (QED) is 0.735. The number of aryl methyl sites for hydroxylation is 3. The first-order valence-electron chi connectivity index (χ1n) is 7.74. The Morgan fingerprint density at radius 2 is 1.84 bits per heavy atom. The van der Waals surface area contributed by atoms with Gasteiger partial charge in [0.1, 0.15) is 5.56 Å². The zero-order valence-electron chi connectivity index (χ0n) is 14.1. The second-order valence-corrected chi connectivity index (χ2v) is 6.27. The molecule has 0 aliphatic carbocycles. The molecule has 1 aromatic heterocycles. The summed E-state index contributed by atoms with van der Waals surface area (Å²) in [6.07, 6.45) is 0. The Balaban J connectivity index is 2.02. The van der Waals surface area contributed by atoms with Gasteiger partial charge >= 0.3 is 0 Å². The van der Waals surface area contributed by atoms with Crippen LogP contribution in [0.4, 0.5) is 10.1 Å². The normalized spacial score (nSPS) is 10.8. The molecule has 0 spiro atoms. The fourth-order valence-electron chi connectivity index (χ4n) is 2.84. The molecule has 2 aromatic carbocycles. The maximum Gasteiger partial charge on any atom is 0.262 e. The molecule has 0 aliphatic heterocycles. The molecule has 0 radical (unpaired) electrons. The minimum atomic E-state index is -0.657. The fraction of sp³-hybridized carbons (Fsp3) is 0.158. The van der Waals surface area contributed by atoms with Gasteiger partial charge in [-0.15, -0.1) is 0 Å². The van der Waals surface area contributed by atoms with Crippen LogP contribution in [-0.4, -0.2) is 15.7 Å². The van der Waals surface area contributed by atoms with Crippen LogP contribution in [0, 0.1) is 19.8 Å². The molecule has 3 rings (SSSR count). The summed E-state index contributed by atoms with van der Waals surface area (Å²) in [6.45, 7) is 3.56. The van der Waals surface area contributed by atoms with Crippen molar-refractivity contribution in [1.82, 2.24) is 9.78 Å². The summed E-state index contributed by atoms with van der Waals surface area (Å²) in [5, 5.41) is 7.39. The van der Waals surface area contributed by atoms with E-state index in [4.69, 9.17) is 11.6 Å². The Morgan fingerprint density at radius 3 is 2.44 bits per heavy atom. The molecule has 0 unspecified atom stereocenters. The molecular weight excluding hydrogens is 341 g/mol. The molecule has 128 valence electrons. The Hall–Kier alpha value is -2.66. The highest BCUT2D eigenvalue weighted by atomic mass is 35.5. The maximum absolute atomic E-state index is 14.1. The first kappa shape index (κ1) is 17.2. The molecule has 25 heavy (non-hydrogen) atoms. The lowest BCUT2D eigenvalue weighted by Crippen LogP contribution is -2.15. The van der Waals surface area contributed by atoms with Crippen molar-refractivity contribution in [3.63, 3.8) is 0 Å². The third-order valence-electron chi connectivity index (χ3n) is 4.03. The van der Waals surface area contributed by atoms with Gasteiger partial charge in [-0.3, -0.25) is 4.79 Å². The number of benzene rings is 2. The monoisotopic (exact) mass is 357 g/mol. The van der Waals surface area contributed by atoms with Crippen LogP contribution in [0.2, 0.25) is 5.02 Å². The molecule has 4 nitrogen and oxygen atoms in total. The number of aromatic nitrogens is 2. The van der Waals surface area contributed by atoms with Crippen LogP contribution in [0.5, 0.6) is 0 Å². The average molecular weight is 358 g/mol. The van der Waals surface area contributed by atoms with Gasteiger partial charge in [0, 0.05) is 23.3 Å². The van der Waals surface area contributed by atoms with E-state index in [2.05, 4.69) is 10.4 Å². The van der Waals surface area contributed by atoms with Gasteiger partial charge in [0.05, 0.1) is 5.69 Å². The molecule has 0 atom stereocenters. The SMILES string of the molecule is Cc1cccc(NC(=O)c2c(C)nn(C)c2F)c1-c1ccc(Cl)cc1. The smallest absolute Gasteiger partial charge is 0.262 e. The van der Waals surface area contributed by atoms with Gasteiger partial charge in [0.2, 0.25) is 5.95 Å². The van der Waals surface area contributed by atoms with Crippen LogP contribution in [0.1, 0.15) is 21.6 Å². The predicted molar refractivity (Wildman–Crippen MR) is 97.5 cm³/mol. The van der Waals surface area contributed by atoms with E-state index in [1.165, 1.54) is 7.05 Å². The number of rotatable bonds is 3. The predicted octanol–water partition coefficient (Wildman–Crippen LogP) is 4.75. The number of halogens is 2. The van der Waals surface area contributed by atoms with E-state index in [1.807, 2.05) is 31.2 Å². The van der Waals surface area contributed by atoms with Crippen molar-refractivity contribution in [2.24, 2.45) is 7.05 Å². The minimum absolute atomic E-state index is 0.0499. The molecule has 0 aliphatic rings. The molecule has 0 bridgehead atoms. The molecule has 3 aromatic rings. The van der Waals surface area contributed by atoms with Crippen molar-refractivity contribution < 1.29 is 9.18 Å². The number of nitrogens with one attached hydrogen (secondary N) is 1. The Kier molecular flexibility index (Phi) is 4.59. The largest absolute Gasteiger partial charge is 0.321 e. The summed E-state index contributed by atoms with van der Waals surface area (Å²) < 4.78 is 15.2. The number of carbonyl (C=O) groups excluding carboxylic acids is 1. The van der Waals surface area contributed by atoms with Gasteiger partial charge in [-0.1, -0.05) is 35.9 Å². The fourth-order valence-corrected chi connectivity index (χ4v) is 2.97. The van der Waals surface area contributed by atoms with Gasteiger partial charge in [0.25, 0.3) is 5.91 Å². The topological polar surface area (TPSA) is 46.9 Å². The molecule has 0 saturated carbocycles. The van der Waals surface area contributed by atoms with Crippen LogP contribution in [0.15, 0.2) is 42.5 Å². The number of hydrogen-bond donors (Lipinski definition) is 1. The Morgan fingerprint density at radius 1 is 1.16 bits per heavy atom. The van der Waals surface area contributed by atoms with Crippen LogP contribution < -0.4 is 5.32 Å². The summed E-state index contributed by atoms with van der Waals surface area (Å²) >= 11 is 5.96. The minimum Gasteiger partial charge on any atom is -0.321 e. The molecule has 6 heteroatoms. The van der Waals surface area contributed by atoms with E-state index in [1.54, 1.807) is 25.1 Å². The number of nitrogens with zero attached hydrogens (tertiary/aromatic N) is 2. The van der Waals surface area contributed by atoms with Gasteiger partial charge in [-0.25, -0.2) is 4.68 Å². The highest BCUT2D eigenvalue weighted by Gasteiger charge is 2.21. The van der Waals surface area contributed by atoms with Gasteiger partial charge < -0.3 is 5.32 Å². The zero-order valence-corrected chi connectivity index (χ0v) is 14.9. The van der Waals surface area contributed by atoms with Crippen LogP contribution in [-0.2, 0) is 7.05 Å². The maximum atomic E-state index is 14.1. The first-order valence-corrected chi connectivity index (χ1v) is 8.12. The number of anilines is 1. The van der Waals surface area contributed by atoms with E-state index in [0.717, 1.165) is 21.4 Å². The van der Waals surface area contributed by atoms with E-state index >= 15 is 0 Å². The summed E-state index contributed by atoms with van der Waals surface area (Å²) in [5.41, 5.74) is 3.68. The van der Waals surface area contributed by atoms with Crippen molar-refractivity contribution in [3.8, 4) is 11.1 Å². The molecule has 1 heterocycles. The highest BCUT2D eigenvalue weighted by Crippen LogP contribution is 2.32. The number of amides is 1. The summed E-state index contributed by atoms with van der Waals surface area (Å²) in [7, 11) is 1.46. The van der Waals surface area contributed by atoms with E-state index in [9.17, 15) is 9.18 Å². The van der Waals surface area contributed by atoms with Crippen LogP contribution >= 0.6 is 11.6 Å². The van der Waals surface area contributed by atoms with Gasteiger partial charge in [0.15, 0.2) is 0 Å². The second kappa shape index (κ2) is 6.69. The third kappa shape index (κ3) is 3.28. The summed E-state index contributed by atoms with van der Waals surface area (Å²) in [6, 6.07) is 12.9. The standard InChI is InChI=1S/C19H17ClFN3O/c1-11-5-4-6-15(16(11)13-7-9-14(20)10-8-13)22-19(25)17-12(2)23-24(3)18(17)21/h4-10H,1-3H3,(H,22,25). The molecule has 0 saturated heterocycles. The van der Waals surface area contributed by atoms with E-state index in [-0.39, 0.29) is 5.56 Å². The van der Waals surface area contributed by atoms with Crippen molar-refractivity contribution in [3.05, 3.63) is 70.3 Å². The lowest BCUT2D eigenvalue weighted by Gasteiger charge is -2.14. The zero-order chi connectivity index (χ0) is 18.1. The highest BCUT2D eigenvalue weighted by molar-refractivity contribution is 6.30. The molecule has 1 amide bonds. The number of carbonyl (C=O) groups is 1. The third-order valence-corrected chi connectivity index (χ3v) is 4.29. The summed E-state index contributed by atoms with van der Waals surface area (Å²) in [4.78, 5) is 12.6. The number of hydrogen-bond acceptors (Lipinski definition) is 2. The second-order valence-electron chi connectivity index (χ2n) is 5.83. The Labute approximate surface area is 150 Å². The molecule has 1 N–H and O–H groups in total. The van der Waals surface area contributed by atoms with Gasteiger partial charge in [-0.05, 0) is 43.2 Å². The lowest BCUT2D eigenvalue weighted by molar-refractivity contribution is 0.102. The first-order chi connectivity index (χ1) is 11.9. The molecule has 0 fully saturated rings. The van der Waals surface area contributed by atoms with E-state index in [0.29, 0.717) is 16.4 Å². The van der Waals surface area contributed by atoms with Gasteiger partial charge in [-0.2, -0.15) is 9.49 Å². The van der Waals surface area contributed by atoms with Crippen LogP contribution in [0.25, 0.3) is 11.1 Å². The Bertz CT molecular complexity index is 948.